The van der Waals surface area contributed by atoms with Crippen LogP contribution in [0.3, 0.4) is 0 Å². The van der Waals surface area contributed by atoms with E-state index >= 15 is 0 Å². The monoisotopic (exact) mass is 285 g/mol. The number of hydrogen-bond donors (Lipinski definition) is 0. The summed E-state index contributed by atoms with van der Waals surface area (Å²) in [6.07, 6.45) is 0. The van der Waals surface area contributed by atoms with Gasteiger partial charge in [-0.2, -0.15) is 0 Å². The molecule has 0 aromatic heterocycles. The first-order valence-corrected chi connectivity index (χ1v) is 13.1. The van der Waals surface area contributed by atoms with Crippen molar-refractivity contribution in [3.8, 4) is 0 Å². The molecule has 0 spiro atoms. The first-order valence-electron chi connectivity index (χ1n) is 4.83. The van der Waals surface area contributed by atoms with Crippen LogP contribution in [0.25, 0.3) is 0 Å². The average molecular weight is 284 g/mol. The van der Waals surface area contributed by atoms with Crippen LogP contribution in [-0.2, 0) is 6.54 Å². The van der Waals surface area contributed by atoms with Gasteiger partial charge in [0.1, 0.15) is 0 Å². The molecule has 0 fully saturated rings. The van der Waals surface area contributed by atoms with Crippen LogP contribution in [0.2, 0.25) is 9.88 Å². The van der Waals surface area contributed by atoms with E-state index < -0.39 is 19.8 Å². The quantitative estimate of drug-likeness (QED) is 0.759. The average Bonchev–Trinajstić information content (AvgIpc) is 2.03. The Morgan fingerprint density at radius 3 is 2.31 bits per heavy atom. The molecule has 0 aliphatic heterocycles. The molecule has 0 N–H and O–H groups in total. The molecule has 0 amide bonds. The van der Waals surface area contributed by atoms with Gasteiger partial charge in [-0.25, -0.2) is 0 Å². The Morgan fingerprint density at radius 1 is 1.15 bits per heavy atom. The van der Waals surface area contributed by atoms with Gasteiger partial charge in [-0.3, -0.25) is 0 Å². The van der Waals surface area contributed by atoms with Crippen molar-refractivity contribution in [2.24, 2.45) is 0 Å². The SMILES string of the molecule is CN(C)Cc1cccc[c]1[SnH]([CH3])[CH3]. The number of rotatable bonds is 3. The summed E-state index contributed by atoms with van der Waals surface area (Å²) in [5.41, 5.74) is 1.54. The Bertz CT molecular complexity index is 269. The van der Waals surface area contributed by atoms with Crippen LogP contribution in [0.5, 0.6) is 0 Å². The van der Waals surface area contributed by atoms with Crippen LogP contribution in [0.15, 0.2) is 24.3 Å². The first-order chi connectivity index (χ1) is 6.11. The fraction of sp³-hybridized carbons (Fsp3) is 0.455. The second kappa shape index (κ2) is 5.01. The van der Waals surface area contributed by atoms with E-state index in [-0.39, 0.29) is 0 Å². The number of nitrogens with zero attached hydrogens (tertiary/aromatic N) is 1. The van der Waals surface area contributed by atoms with Gasteiger partial charge in [-0.15, -0.1) is 0 Å². The molecule has 0 saturated heterocycles. The summed E-state index contributed by atoms with van der Waals surface area (Å²) < 4.78 is 1.68. The van der Waals surface area contributed by atoms with E-state index in [2.05, 4.69) is 53.1 Å². The molecule has 72 valence electrons. The van der Waals surface area contributed by atoms with Crippen molar-refractivity contribution in [1.29, 1.82) is 0 Å². The van der Waals surface area contributed by atoms with Gasteiger partial charge in [0.25, 0.3) is 0 Å². The minimum atomic E-state index is -1.31. The zero-order valence-electron chi connectivity index (χ0n) is 9.04. The third-order valence-electron chi connectivity index (χ3n) is 2.16. The van der Waals surface area contributed by atoms with Crippen molar-refractivity contribution >= 4 is 23.3 Å². The molecular weight excluding hydrogens is 265 g/mol. The van der Waals surface area contributed by atoms with Gasteiger partial charge in [0, 0.05) is 0 Å². The van der Waals surface area contributed by atoms with Gasteiger partial charge in [0.2, 0.25) is 0 Å². The molecule has 1 aromatic carbocycles. The topological polar surface area (TPSA) is 3.24 Å². The van der Waals surface area contributed by atoms with E-state index in [1.165, 1.54) is 0 Å². The van der Waals surface area contributed by atoms with E-state index in [9.17, 15) is 0 Å². The molecule has 0 saturated carbocycles. The molecule has 1 rings (SSSR count). The molecule has 0 aliphatic carbocycles. The van der Waals surface area contributed by atoms with Gasteiger partial charge in [-0.1, -0.05) is 0 Å². The molecule has 0 atom stereocenters. The Morgan fingerprint density at radius 2 is 1.77 bits per heavy atom. The molecule has 0 heterocycles. The van der Waals surface area contributed by atoms with E-state index in [0.29, 0.717) is 0 Å². The van der Waals surface area contributed by atoms with Crippen LogP contribution < -0.4 is 3.58 Å². The second-order valence-corrected chi connectivity index (χ2v) is 12.5. The predicted octanol–water partition coefficient (Wildman–Crippen LogP) is 1.44. The Hall–Kier alpha value is -0.0213. The molecule has 0 unspecified atom stereocenters. The van der Waals surface area contributed by atoms with Crippen molar-refractivity contribution < 1.29 is 0 Å². The Balaban J connectivity index is 2.91. The molecular formula is C11H19NSn. The van der Waals surface area contributed by atoms with Crippen molar-refractivity contribution in [3.63, 3.8) is 0 Å². The van der Waals surface area contributed by atoms with Gasteiger partial charge in [-0.05, 0) is 0 Å². The van der Waals surface area contributed by atoms with Crippen molar-refractivity contribution in [2.45, 2.75) is 16.4 Å². The zero-order valence-corrected chi connectivity index (χ0v) is 12.3. The van der Waals surface area contributed by atoms with Crippen LogP contribution >= 0.6 is 0 Å². The standard InChI is InChI=1S/C9H12N.2CH3.Sn.H/c1-10(2)8-9-6-4-3-5-7-9;;;;/h3-6H,8H2,1-2H3;2*1H3;;. The molecule has 1 nitrogen and oxygen atoms in total. The van der Waals surface area contributed by atoms with Crippen LogP contribution in [-0.4, -0.2) is 38.8 Å². The van der Waals surface area contributed by atoms with Gasteiger partial charge < -0.3 is 0 Å². The Labute approximate surface area is 88.5 Å². The molecule has 0 aliphatic rings. The van der Waals surface area contributed by atoms with Crippen LogP contribution in [0, 0.1) is 0 Å². The maximum atomic E-state index is 2.45. The second-order valence-electron chi connectivity index (χ2n) is 4.09. The minimum absolute atomic E-state index is 1.09. The fourth-order valence-corrected chi connectivity index (χ4v) is 5.65. The third kappa shape index (κ3) is 3.31. The van der Waals surface area contributed by atoms with Gasteiger partial charge in [0.05, 0.1) is 0 Å². The molecule has 0 radical (unpaired) electrons. The summed E-state index contributed by atoms with van der Waals surface area (Å²) in [6, 6.07) is 8.91. The number of benzene rings is 1. The third-order valence-corrected chi connectivity index (χ3v) is 7.32. The van der Waals surface area contributed by atoms with E-state index in [1.807, 2.05) is 0 Å². The van der Waals surface area contributed by atoms with Gasteiger partial charge >= 0.3 is 88.6 Å². The summed E-state index contributed by atoms with van der Waals surface area (Å²) in [5.74, 6) is 0. The summed E-state index contributed by atoms with van der Waals surface area (Å²) in [7, 11) is 4.26. The Kier molecular flexibility index (Phi) is 4.26. The molecule has 2 heteroatoms. The van der Waals surface area contributed by atoms with Gasteiger partial charge in [0.15, 0.2) is 0 Å². The van der Waals surface area contributed by atoms with Crippen LogP contribution in [0.4, 0.5) is 0 Å². The summed E-state index contributed by atoms with van der Waals surface area (Å²) in [6.45, 7) is 1.09. The van der Waals surface area contributed by atoms with Crippen molar-refractivity contribution in [1.82, 2.24) is 4.90 Å². The summed E-state index contributed by atoms with van der Waals surface area (Å²) in [4.78, 5) is 7.15. The fourth-order valence-electron chi connectivity index (χ4n) is 1.58. The first kappa shape index (κ1) is 11.1. The molecule has 13 heavy (non-hydrogen) atoms. The normalized spacial score (nSPS) is 11.2. The number of hydrogen-bond acceptors (Lipinski definition) is 1. The van der Waals surface area contributed by atoms with E-state index in [1.54, 1.807) is 9.14 Å². The summed E-state index contributed by atoms with van der Waals surface area (Å²) in [5, 5.41) is 0. The molecule has 0 bridgehead atoms. The molecule has 1 aromatic rings. The van der Waals surface area contributed by atoms with Crippen molar-refractivity contribution in [3.05, 3.63) is 29.8 Å². The maximum absolute atomic E-state index is 2.45. The summed E-state index contributed by atoms with van der Waals surface area (Å²) >= 11 is -1.31. The van der Waals surface area contributed by atoms with Crippen LogP contribution in [0.1, 0.15) is 5.56 Å². The van der Waals surface area contributed by atoms with E-state index in [4.69, 9.17) is 0 Å². The van der Waals surface area contributed by atoms with Crippen molar-refractivity contribution in [2.75, 3.05) is 14.1 Å². The van der Waals surface area contributed by atoms with E-state index in [0.717, 1.165) is 6.54 Å². The zero-order chi connectivity index (χ0) is 9.84. The predicted molar refractivity (Wildman–Crippen MR) is 62.3 cm³/mol.